The average Bonchev–Trinajstić information content (AvgIpc) is 2.28. The lowest BCUT2D eigenvalue weighted by molar-refractivity contribution is 0.913. The van der Waals surface area contributed by atoms with Gasteiger partial charge in [0.15, 0.2) is 5.82 Å². The monoisotopic (exact) mass is 292 g/mol. The van der Waals surface area contributed by atoms with Crippen LogP contribution in [0.1, 0.15) is 18.3 Å². The van der Waals surface area contributed by atoms with E-state index in [2.05, 4.69) is 30.9 Å². The molecule has 0 radical (unpaired) electrons. The second-order valence-electron chi connectivity index (χ2n) is 3.77. The second-order valence-corrected chi connectivity index (χ2v) is 4.62. The zero-order chi connectivity index (χ0) is 12.4. The van der Waals surface area contributed by atoms with Gasteiger partial charge in [-0.15, -0.1) is 0 Å². The molecule has 1 aromatic carbocycles. The van der Waals surface area contributed by atoms with Gasteiger partial charge in [0.25, 0.3) is 0 Å². The van der Waals surface area contributed by atoms with Crippen molar-refractivity contribution in [1.82, 2.24) is 15.0 Å². The predicted octanol–water partition coefficient (Wildman–Crippen LogP) is 2.75. The van der Waals surface area contributed by atoms with Gasteiger partial charge in [-0.1, -0.05) is 28.9 Å². The summed E-state index contributed by atoms with van der Waals surface area (Å²) in [7, 11) is 0. The lowest BCUT2D eigenvalue weighted by Crippen LogP contribution is -2.04. The molecule has 2 N–H and O–H groups in total. The van der Waals surface area contributed by atoms with E-state index < -0.39 is 0 Å². The molecule has 0 fully saturated rings. The smallest absolute Gasteiger partial charge is 0.223 e. The molecule has 0 aliphatic carbocycles. The summed E-state index contributed by atoms with van der Waals surface area (Å²) in [6, 6.07) is 6.03. The highest BCUT2D eigenvalue weighted by atomic mass is 79.9. The molecule has 0 saturated heterocycles. The number of aryl methyl sites for hydroxylation is 2. The molecule has 2 rings (SSSR count). The summed E-state index contributed by atoms with van der Waals surface area (Å²) in [6.45, 7) is 4.02. The Kier molecular flexibility index (Phi) is 3.38. The van der Waals surface area contributed by atoms with E-state index in [0.29, 0.717) is 11.6 Å². The Bertz CT molecular complexity index is 554. The third kappa shape index (κ3) is 2.61. The highest BCUT2D eigenvalue weighted by Crippen LogP contribution is 2.26. The van der Waals surface area contributed by atoms with Crippen molar-refractivity contribution in [1.29, 1.82) is 0 Å². The number of nitrogen functional groups attached to an aromatic ring is 1. The first kappa shape index (κ1) is 12.0. The summed E-state index contributed by atoms with van der Waals surface area (Å²) in [5.74, 6) is 1.58. The summed E-state index contributed by atoms with van der Waals surface area (Å²) in [5.41, 5.74) is 7.78. The molecule has 0 aliphatic heterocycles. The van der Waals surface area contributed by atoms with Gasteiger partial charge in [0, 0.05) is 16.5 Å². The molecule has 0 spiro atoms. The number of benzene rings is 1. The van der Waals surface area contributed by atoms with E-state index in [1.165, 1.54) is 5.56 Å². The van der Waals surface area contributed by atoms with Crippen molar-refractivity contribution in [3.05, 3.63) is 34.1 Å². The number of halogens is 1. The number of hydrogen-bond donors (Lipinski definition) is 1. The van der Waals surface area contributed by atoms with E-state index in [-0.39, 0.29) is 5.95 Å². The second kappa shape index (κ2) is 4.79. The Morgan fingerprint density at radius 2 is 2.00 bits per heavy atom. The molecule has 0 unspecified atom stereocenters. The lowest BCUT2D eigenvalue weighted by Gasteiger charge is -2.06. The van der Waals surface area contributed by atoms with Crippen LogP contribution in [-0.4, -0.2) is 15.0 Å². The van der Waals surface area contributed by atoms with Crippen LogP contribution in [0.4, 0.5) is 5.95 Å². The number of aromatic nitrogens is 3. The zero-order valence-electron chi connectivity index (χ0n) is 9.74. The van der Waals surface area contributed by atoms with Gasteiger partial charge in [-0.2, -0.15) is 9.97 Å². The van der Waals surface area contributed by atoms with Crippen LogP contribution in [0, 0.1) is 6.92 Å². The van der Waals surface area contributed by atoms with Crippen LogP contribution >= 0.6 is 15.9 Å². The topological polar surface area (TPSA) is 64.7 Å². The minimum Gasteiger partial charge on any atom is -0.368 e. The van der Waals surface area contributed by atoms with Crippen molar-refractivity contribution in [2.24, 2.45) is 0 Å². The fourth-order valence-corrected chi connectivity index (χ4v) is 2.19. The first-order valence-electron chi connectivity index (χ1n) is 5.37. The van der Waals surface area contributed by atoms with Crippen LogP contribution in [0.15, 0.2) is 22.7 Å². The summed E-state index contributed by atoms with van der Waals surface area (Å²) in [5, 5.41) is 0. The predicted molar refractivity (Wildman–Crippen MR) is 71.5 cm³/mol. The highest BCUT2D eigenvalue weighted by molar-refractivity contribution is 9.10. The third-order valence-corrected chi connectivity index (χ3v) is 3.04. The van der Waals surface area contributed by atoms with Crippen molar-refractivity contribution in [3.63, 3.8) is 0 Å². The number of nitrogens with two attached hydrogens (primary N) is 1. The summed E-state index contributed by atoms with van der Waals surface area (Å²) in [6.07, 6.45) is 0.739. The lowest BCUT2D eigenvalue weighted by atomic mass is 10.1. The molecule has 2 aromatic rings. The Morgan fingerprint density at radius 1 is 1.24 bits per heavy atom. The number of nitrogens with zero attached hydrogens (tertiary/aromatic N) is 3. The van der Waals surface area contributed by atoms with Crippen molar-refractivity contribution >= 4 is 21.9 Å². The van der Waals surface area contributed by atoms with Crippen molar-refractivity contribution < 1.29 is 0 Å². The maximum atomic E-state index is 5.67. The molecule has 0 saturated carbocycles. The van der Waals surface area contributed by atoms with Crippen LogP contribution < -0.4 is 5.73 Å². The molecule has 88 valence electrons. The molecule has 1 heterocycles. The molecule has 5 heteroatoms. The fraction of sp³-hybridized carbons (Fsp3) is 0.250. The van der Waals surface area contributed by atoms with Crippen LogP contribution in [0.25, 0.3) is 11.4 Å². The molecule has 1 aromatic heterocycles. The van der Waals surface area contributed by atoms with E-state index in [0.717, 1.165) is 16.5 Å². The highest BCUT2D eigenvalue weighted by Gasteiger charge is 2.09. The van der Waals surface area contributed by atoms with E-state index >= 15 is 0 Å². The van der Waals surface area contributed by atoms with Crippen LogP contribution in [0.2, 0.25) is 0 Å². The summed E-state index contributed by atoms with van der Waals surface area (Å²) >= 11 is 3.51. The summed E-state index contributed by atoms with van der Waals surface area (Å²) in [4.78, 5) is 12.6. The zero-order valence-corrected chi connectivity index (χ0v) is 11.3. The molecule has 17 heavy (non-hydrogen) atoms. The van der Waals surface area contributed by atoms with Gasteiger partial charge in [0.1, 0.15) is 5.82 Å². The fourth-order valence-electron chi connectivity index (χ4n) is 1.52. The molecule has 0 bridgehead atoms. The van der Waals surface area contributed by atoms with Gasteiger partial charge in [-0.25, -0.2) is 4.98 Å². The first-order valence-corrected chi connectivity index (χ1v) is 6.16. The van der Waals surface area contributed by atoms with E-state index in [9.17, 15) is 0 Å². The average molecular weight is 293 g/mol. The SMILES string of the molecule is CCc1nc(N)nc(-c2ccc(C)cc2Br)n1. The van der Waals surface area contributed by atoms with Crippen LogP contribution in [-0.2, 0) is 6.42 Å². The van der Waals surface area contributed by atoms with E-state index in [1.54, 1.807) is 0 Å². The van der Waals surface area contributed by atoms with E-state index in [1.807, 2.05) is 32.0 Å². The first-order chi connectivity index (χ1) is 8.10. The number of rotatable bonds is 2. The van der Waals surface area contributed by atoms with Crippen LogP contribution in [0.5, 0.6) is 0 Å². The molecular weight excluding hydrogens is 280 g/mol. The summed E-state index contributed by atoms with van der Waals surface area (Å²) < 4.78 is 0.963. The minimum atomic E-state index is 0.263. The van der Waals surface area contributed by atoms with Crippen molar-refractivity contribution in [3.8, 4) is 11.4 Å². The molecule has 0 aliphatic rings. The molecule has 0 amide bonds. The van der Waals surface area contributed by atoms with Gasteiger partial charge in [0.2, 0.25) is 5.95 Å². The van der Waals surface area contributed by atoms with Crippen molar-refractivity contribution in [2.75, 3.05) is 5.73 Å². The molecular formula is C12H13BrN4. The maximum absolute atomic E-state index is 5.67. The minimum absolute atomic E-state index is 0.263. The van der Waals surface area contributed by atoms with Gasteiger partial charge in [0.05, 0.1) is 0 Å². The quantitative estimate of drug-likeness (QED) is 0.924. The number of hydrogen-bond acceptors (Lipinski definition) is 4. The Labute approximate surface area is 108 Å². The maximum Gasteiger partial charge on any atom is 0.223 e. The standard InChI is InChI=1S/C12H13BrN4/c1-3-10-15-11(17-12(14)16-10)8-5-4-7(2)6-9(8)13/h4-6H,3H2,1-2H3,(H2,14,15,16,17). The molecule has 4 nitrogen and oxygen atoms in total. The van der Waals surface area contributed by atoms with Crippen LogP contribution in [0.3, 0.4) is 0 Å². The van der Waals surface area contributed by atoms with Gasteiger partial charge in [-0.05, 0) is 24.6 Å². The van der Waals surface area contributed by atoms with Gasteiger partial charge >= 0.3 is 0 Å². The van der Waals surface area contributed by atoms with E-state index in [4.69, 9.17) is 5.73 Å². The Balaban J connectivity index is 2.55. The number of anilines is 1. The molecule has 0 atom stereocenters. The van der Waals surface area contributed by atoms with Crippen molar-refractivity contribution in [2.45, 2.75) is 20.3 Å². The largest absolute Gasteiger partial charge is 0.368 e. The van der Waals surface area contributed by atoms with Gasteiger partial charge in [-0.3, -0.25) is 0 Å². The Morgan fingerprint density at radius 3 is 2.65 bits per heavy atom. The Hall–Kier alpha value is -1.49. The van der Waals surface area contributed by atoms with Gasteiger partial charge < -0.3 is 5.73 Å². The normalized spacial score (nSPS) is 10.5. The third-order valence-electron chi connectivity index (χ3n) is 2.38.